The number of nitrogens with zero attached hydrogens (tertiary/aromatic N) is 1. The van der Waals surface area contributed by atoms with Crippen molar-refractivity contribution >= 4 is 0 Å². The highest BCUT2D eigenvalue weighted by Crippen LogP contribution is 2.15. The van der Waals surface area contributed by atoms with Gasteiger partial charge in [-0.25, -0.2) is 4.39 Å². The Kier molecular flexibility index (Phi) is 5.08. The van der Waals surface area contributed by atoms with Gasteiger partial charge in [0.2, 0.25) is 0 Å². The number of benzene rings is 2. The van der Waals surface area contributed by atoms with Crippen molar-refractivity contribution in [1.82, 2.24) is 5.32 Å². The zero-order chi connectivity index (χ0) is 15.2. The van der Waals surface area contributed by atoms with Gasteiger partial charge in [0.25, 0.3) is 0 Å². The van der Waals surface area contributed by atoms with E-state index >= 15 is 0 Å². The average Bonchev–Trinajstić information content (AvgIpc) is 2.49. The predicted molar refractivity (Wildman–Crippen MR) is 82.2 cm³/mol. The molecule has 0 heterocycles. The van der Waals surface area contributed by atoms with Gasteiger partial charge in [-0.1, -0.05) is 38.1 Å². The van der Waals surface area contributed by atoms with E-state index in [9.17, 15) is 4.39 Å². The van der Waals surface area contributed by atoms with Gasteiger partial charge in [0.15, 0.2) is 0 Å². The summed E-state index contributed by atoms with van der Waals surface area (Å²) in [7, 11) is 0. The molecule has 0 spiro atoms. The summed E-state index contributed by atoms with van der Waals surface area (Å²) >= 11 is 0. The summed E-state index contributed by atoms with van der Waals surface area (Å²) in [5, 5.41) is 12.0. The lowest BCUT2D eigenvalue weighted by Crippen LogP contribution is -2.14. The molecule has 0 amide bonds. The van der Waals surface area contributed by atoms with E-state index in [0.717, 1.165) is 5.56 Å². The second-order valence-electron chi connectivity index (χ2n) is 5.42. The van der Waals surface area contributed by atoms with Gasteiger partial charge in [-0.2, -0.15) is 5.26 Å². The van der Waals surface area contributed by atoms with Crippen LogP contribution in [0.2, 0.25) is 0 Å². The Labute approximate surface area is 125 Å². The third kappa shape index (κ3) is 4.14. The van der Waals surface area contributed by atoms with Gasteiger partial charge in [-0.15, -0.1) is 0 Å². The van der Waals surface area contributed by atoms with E-state index in [1.807, 2.05) is 6.07 Å². The van der Waals surface area contributed by atoms with E-state index in [-0.39, 0.29) is 5.82 Å². The highest BCUT2D eigenvalue weighted by molar-refractivity contribution is 5.33. The second-order valence-corrected chi connectivity index (χ2v) is 5.42. The standard InChI is InChI=1S/C18H19FN2/c1-13(2)16-6-3-14(4-7-16)11-21-12-17-9-15(10-20)5-8-18(17)19/h3-9,13,21H,11-12H2,1-2H3. The van der Waals surface area contributed by atoms with Crippen molar-refractivity contribution in [3.63, 3.8) is 0 Å². The van der Waals surface area contributed by atoms with E-state index in [0.29, 0.717) is 30.1 Å². The molecule has 21 heavy (non-hydrogen) atoms. The van der Waals surface area contributed by atoms with Crippen LogP contribution < -0.4 is 5.32 Å². The maximum Gasteiger partial charge on any atom is 0.127 e. The molecule has 2 nitrogen and oxygen atoms in total. The lowest BCUT2D eigenvalue weighted by molar-refractivity contribution is 0.587. The van der Waals surface area contributed by atoms with Crippen molar-refractivity contribution in [3.05, 3.63) is 70.5 Å². The highest BCUT2D eigenvalue weighted by atomic mass is 19.1. The van der Waals surface area contributed by atoms with Gasteiger partial charge < -0.3 is 5.32 Å². The molecule has 0 unspecified atom stereocenters. The Bertz CT molecular complexity index is 639. The molecule has 0 aliphatic heterocycles. The van der Waals surface area contributed by atoms with Gasteiger partial charge in [-0.3, -0.25) is 0 Å². The summed E-state index contributed by atoms with van der Waals surface area (Å²) in [6.45, 7) is 5.41. The zero-order valence-electron chi connectivity index (χ0n) is 12.4. The summed E-state index contributed by atoms with van der Waals surface area (Å²) in [6.07, 6.45) is 0. The molecule has 0 saturated carbocycles. The number of halogens is 1. The highest BCUT2D eigenvalue weighted by Gasteiger charge is 2.04. The van der Waals surface area contributed by atoms with E-state index in [1.165, 1.54) is 17.7 Å². The number of rotatable bonds is 5. The van der Waals surface area contributed by atoms with Gasteiger partial charge in [0, 0.05) is 18.7 Å². The molecule has 1 N–H and O–H groups in total. The summed E-state index contributed by atoms with van der Waals surface area (Å²) in [4.78, 5) is 0. The number of nitriles is 1. The lowest BCUT2D eigenvalue weighted by atomic mass is 10.0. The van der Waals surface area contributed by atoms with E-state index in [1.54, 1.807) is 6.07 Å². The molecular weight excluding hydrogens is 263 g/mol. The van der Waals surface area contributed by atoms with Crippen molar-refractivity contribution in [1.29, 1.82) is 5.26 Å². The molecule has 0 saturated heterocycles. The number of hydrogen-bond acceptors (Lipinski definition) is 2. The zero-order valence-corrected chi connectivity index (χ0v) is 12.4. The molecular formula is C18H19FN2. The van der Waals surface area contributed by atoms with Crippen LogP contribution in [0.25, 0.3) is 0 Å². The van der Waals surface area contributed by atoms with Crippen molar-refractivity contribution in [3.8, 4) is 6.07 Å². The first-order valence-electron chi connectivity index (χ1n) is 7.08. The first-order valence-corrected chi connectivity index (χ1v) is 7.08. The van der Waals surface area contributed by atoms with Crippen LogP contribution >= 0.6 is 0 Å². The topological polar surface area (TPSA) is 35.8 Å². The molecule has 2 aromatic rings. The minimum absolute atomic E-state index is 0.281. The van der Waals surface area contributed by atoms with Crippen LogP contribution in [0, 0.1) is 17.1 Å². The van der Waals surface area contributed by atoms with Crippen molar-refractivity contribution < 1.29 is 4.39 Å². The normalized spacial score (nSPS) is 10.6. The molecule has 0 fully saturated rings. The van der Waals surface area contributed by atoms with Gasteiger partial charge in [0.05, 0.1) is 11.6 Å². The van der Waals surface area contributed by atoms with Crippen LogP contribution in [0.1, 0.15) is 42.0 Å². The first-order chi connectivity index (χ1) is 10.1. The summed E-state index contributed by atoms with van der Waals surface area (Å²) in [5.74, 6) is 0.242. The van der Waals surface area contributed by atoms with Crippen molar-refractivity contribution in [2.45, 2.75) is 32.9 Å². The molecule has 0 radical (unpaired) electrons. The van der Waals surface area contributed by atoms with Crippen LogP contribution in [-0.4, -0.2) is 0 Å². The maximum absolute atomic E-state index is 13.6. The average molecular weight is 282 g/mol. The summed E-state index contributed by atoms with van der Waals surface area (Å²) in [6, 6.07) is 14.9. The van der Waals surface area contributed by atoms with Crippen LogP contribution in [0.4, 0.5) is 4.39 Å². The van der Waals surface area contributed by atoms with Gasteiger partial charge in [-0.05, 0) is 35.2 Å². The Morgan fingerprint density at radius 1 is 1.10 bits per heavy atom. The monoisotopic (exact) mass is 282 g/mol. The summed E-state index contributed by atoms with van der Waals surface area (Å²) in [5.41, 5.74) is 3.48. The first kappa shape index (κ1) is 15.2. The third-order valence-electron chi connectivity index (χ3n) is 3.47. The number of hydrogen-bond donors (Lipinski definition) is 1. The third-order valence-corrected chi connectivity index (χ3v) is 3.47. The molecule has 3 heteroatoms. The molecule has 108 valence electrons. The molecule has 0 aliphatic rings. The van der Waals surface area contributed by atoms with Crippen LogP contribution in [0.5, 0.6) is 0 Å². The quantitative estimate of drug-likeness (QED) is 0.895. The van der Waals surface area contributed by atoms with Crippen molar-refractivity contribution in [2.75, 3.05) is 0 Å². The fourth-order valence-corrected chi connectivity index (χ4v) is 2.14. The smallest absolute Gasteiger partial charge is 0.127 e. The minimum Gasteiger partial charge on any atom is -0.309 e. The lowest BCUT2D eigenvalue weighted by Gasteiger charge is -2.09. The minimum atomic E-state index is -0.281. The van der Waals surface area contributed by atoms with E-state index in [2.05, 4.69) is 43.4 Å². The van der Waals surface area contributed by atoms with E-state index < -0.39 is 0 Å². The fraction of sp³-hybridized carbons (Fsp3) is 0.278. The van der Waals surface area contributed by atoms with Crippen molar-refractivity contribution in [2.24, 2.45) is 0 Å². The molecule has 0 atom stereocenters. The SMILES string of the molecule is CC(C)c1ccc(CNCc2cc(C#N)ccc2F)cc1. The summed E-state index contributed by atoms with van der Waals surface area (Å²) < 4.78 is 13.6. The molecule has 0 bridgehead atoms. The van der Waals surface area contributed by atoms with Crippen LogP contribution in [0.15, 0.2) is 42.5 Å². The Morgan fingerprint density at radius 2 is 1.81 bits per heavy atom. The van der Waals surface area contributed by atoms with Crippen LogP contribution in [0.3, 0.4) is 0 Å². The van der Waals surface area contributed by atoms with Gasteiger partial charge in [0.1, 0.15) is 5.82 Å². The molecule has 2 rings (SSSR count). The predicted octanol–water partition coefficient (Wildman–Crippen LogP) is 4.11. The van der Waals surface area contributed by atoms with Crippen LogP contribution in [-0.2, 0) is 13.1 Å². The number of nitrogens with one attached hydrogen (secondary N) is 1. The van der Waals surface area contributed by atoms with E-state index in [4.69, 9.17) is 5.26 Å². The Balaban J connectivity index is 1.94. The Morgan fingerprint density at radius 3 is 2.43 bits per heavy atom. The molecule has 0 aromatic heterocycles. The molecule has 2 aromatic carbocycles. The Hall–Kier alpha value is -2.18. The largest absolute Gasteiger partial charge is 0.309 e. The second kappa shape index (κ2) is 7.01. The fourth-order valence-electron chi connectivity index (χ4n) is 2.14. The molecule has 0 aliphatic carbocycles. The van der Waals surface area contributed by atoms with Gasteiger partial charge >= 0.3 is 0 Å². The maximum atomic E-state index is 13.6.